The number of rotatable bonds is 6. The van der Waals surface area contributed by atoms with Gasteiger partial charge in [0.2, 0.25) is 0 Å². The van der Waals surface area contributed by atoms with E-state index in [0.717, 1.165) is 11.1 Å². The van der Waals surface area contributed by atoms with Gasteiger partial charge in [-0.25, -0.2) is 0 Å². The Morgan fingerprint density at radius 3 is 2.46 bits per heavy atom. The molecule has 0 atom stereocenters. The number of ether oxygens (including phenoxy) is 1. The maximum absolute atomic E-state index is 12.5. The molecule has 142 valence electrons. The number of methoxy groups -OCH3 is 1. The third-order valence-electron chi connectivity index (χ3n) is 4.17. The molecule has 1 aromatic heterocycles. The number of benzene rings is 2. The molecule has 28 heavy (non-hydrogen) atoms. The molecular formula is C22H21N3O3. The Kier molecular flexibility index (Phi) is 6.01. The van der Waals surface area contributed by atoms with E-state index in [-0.39, 0.29) is 11.8 Å². The van der Waals surface area contributed by atoms with Crippen molar-refractivity contribution in [3.8, 4) is 5.75 Å². The first-order valence-corrected chi connectivity index (χ1v) is 8.80. The van der Waals surface area contributed by atoms with E-state index in [1.807, 2.05) is 55.5 Å². The number of anilines is 1. The van der Waals surface area contributed by atoms with Crippen molar-refractivity contribution >= 4 is 17.5 Å². The summed E-state index contributed by atoms with van der Waals surface area (Å²) in [5.41, 5.74) is 3.22. The van der Waals surface area contributed by atoms with Crippen LogP contribution in [0, 0.1) is 6.92 Å². The summed E-state index contributed by atoms with van der Waals surface area (Å²) < 4.78 is 5.28. The molecule has 0 aliphatic rings. The molecule has 0 spiro atoms. The van der Waals surface area contributed by atoms with Crippen LogP contribution >= 0.6 is 0 Å². The van der Waals surface area contributed by atoms with Crippen molar-refractivity contribution in [1.82, 2.24) is 10.3 Å². The van der Waals surface area contributed by atoms with Crippen LogP contribution in [0.25, 0.3) is 0 Å². The number of pyridine rings is 1. The number of para-hydroxylation sites is 1. The van der Waals surface area contributed by atoms with Crippen molar-refractivity contribution < 1.29 is 14.3 Å². The highest BCUT2D eigenvalue weighted by Gasteiger charge is 2.12. The van der Waals surface area contributed by atoms with Gasteiger partial charge in [0, 0.05) is 30.2 Å². The Balaban J connectivity index is 1.68. The van der Waals surface area contributed by atoms with Gasteiger partial charge >= 0.3 is 0 Å². The van der Waals surface area contributed by atoms with Crippen molar-refractivity contribution in [2.45, 2.75) is 13.5 Å². The summed E-state index contributed by atoms with van der Waals surface area (Å²) in [4.78, 5) is 29.0. The van der Waals surface area contributed by atoms with Gasteiger partial charge in [-0.2, -0.15) is 0 Å². The number of nitrogens with one attached hydrogen (secondary N) is 2. The zero-order valence-corrected chi connectivity index (χ0v) is 15.7. The molecule has 0 fully saturated rings. The van der Waals surface area contributed by atoms with E-state index in [0.29, 0.717) is 29.1 Å². The average Bonchev–Trinajstić information content (AvgIpc) is 2.72. The molecular weight excluding hydrogens is 354 g/mol. The lowest BCUT2D eigenvalue weighted by molar-refractivity contribution is 0.0950. The number of aryl methyl sites for hydroxylation is 1. The highest BCUT2D eigenvalue weighted by atomic mass is 16.5. The van der Waals surface area contributed by atoms with Crippen LogP contribution in [0.5, 0.6) is 5.75 Å². The molecule has 2 amide bonds. The van der Waals surface area contributed by atoms with Crippen LogP contribution in [0.2, 0.25) is 0 Å². The Morgan fingerprint density at radius 2 is 1.71 bits per heavy atom. The lowest BCUT2D eigenvalue weighted by Crippen LogP contribution is -2.24. The van der Waals surface area contributed by atoms with Crippen molar-refractivity contribution in [2.24, 2.45) is 0 Å². The first-order chi connectivity index (χ1) is 13.6. The predicted molar refractivity (Wildman–Crippen MR) is 108 cm³/mol. The molecule has 0 aliphatic carbocycles. The molecule has 0 bridgehead atoms. The number of aromatic nitrogens is 1. The second kappa shape index (κ2) is 8.81. The standard InChI is InChI=1S/C22H21N3O3/c1-15-6-5-8-19(10-15)25-22(27)18-11-17(12-23-13-18)21(26)24-14-16-7-3-4-9-20(16)28-2/h3-13H,14H2,1-2H3,(H,24,26)(H,25,27). The van der Waals surface area contributed by atoms with Gasteiger partial charge in [0.05, 0.1) is 18.2 Å². The Morgan fingerprint density at radius 1 is 0.964 bits per heavy atom. The summed E-state index contributed by atoms with van der Waals surface area (Å²) >= 11 is 0. The second-order valence-electron chi connectivity index (χ2n) is 6.28. The second-order valence-corrected chi connectivity index (χ2v) is 6.28. The third-order valence-corrected chi connectivity index (χ3v) is 4.17. The fourth-order valence-electron chi connectivity index (χ4n) is 2.74. The summed E-state index contributed by atoms with van der Waals surface area (Å²) in [5, 5.41) is 5.63. The topological polar surface area (TPSA) is 80.3 Å². The van der Waals surface area contributed by atoms with Gasteiger partial charge in [-0.1, -0.05) is 30.3 Å². The molecule has 6 heteroatoms. The van der Waals surface area contributed by atoms with Crippen molar-refractivity contribution in [2.75, 3.05) is 12.4 Å². The minimum Gasteiger partial charge on any atom is -0.496 e. The number of hydrogen-bond donors (Lipinski definition) is 2. The van der Waals surface area contributed by atoms with Crippen molar-refractivity contribution in [3.63, 3.8) is 0 Å². The lowest BCUT2D eigenvalue weighted by atomic mass is 10.1. The minimum absolute atomic E-state index is 0.308. The van der Waals surface area contributed by atoms with Crippen LogP contribution in [0.4, 0.5) is 5.69 Å². The third kappa shape index (κ3) is 4.73. The Bertz CT molecular complexity index is 1000. The molecule has 0 saturated heterocycles. The molecule has 3 rings (SSSR count). The number of nitrogens with zero attached hydrogens (tertiary/aromatic N) is 1. The molecule has 2 aromatic carbocycles. The Hall–Kier alpha value is -3.67. The predicted octanol–water partition coefficient (Wildman–Crippen LogP) is 3.58. The van der Waals surface area contributed by atoms with Gasteiger partial charge in [0.15, 0.2) is 0 Å². The molecule has 2 N–H and O–H groups in total. The van der Waals surface area contributed by atoms with E-state index < -0.39 is 0 Å². The fraction of sp³-hybridized carbons (Fsp3) is 0.136. The minimum atomic E-state index is -0.322. The summed E-state index contributed by atoms with van der Waals surface area (Å²) in [6.45, 7) is 2.26. The van der Waals surface area contributed by atoms with Crippen molar-refractivity contribution in [3.05, 3.63) is 89.2 Å². The molecule has 0 aliphatic heterocycles. The van der Waals surface area contributed by atoms with E-state index in [1.165, 1.54) is 18.5 Å². The van der Waals surface area contributed by atoms with Crippen molar-refractivity contribution in [1.29, 1.82) is 0 Å². The smallest absolute Gasteiger partial charge is 0.257 e. The van der Waals surface area contributed by atoms with Crippen LogP contribution in [-0.2, 0) is 6.54 Å². The van der Waals surface area contributed by atoms with Gasteiger partial charge < -0.3 is 15.4 Å². The maximum Gasteiger partial charge on any atom is 0.257 e. The quantitative estimate of drug-likeness (QED) is 0.690. The van der Waals surface area contributed by atoms with E-state index >= 15 is 0 Å². The molecule has 0 saturated carbocycles. The van der Waals surface area contributed by atoms with Gasteiger partial charge in [-0.3, -0.25) is 14.6 Å². The van der Waals surface area contributed by atoms with Gasteiger partial charge in [-0.05, 0) is 36.8 Å². The number of hydrogen-bond acceptors (Lipinski definition) is 4. The number of carbonyl (C=O) groups excluding carboxylic acids is 2. The fourth-order valence-corrected chi connectivity index (χ4v) is 2.74. The van der Waals surface area contributed by atoms with Gasteiger partial charge in [0.25, 0.3) is 11.8 Å². The van der Waals surface area contributed by atoms with Crippen LogP contribution in [0.1, 0.15) is 31.8 Å². The summed E-state index contributed by atoms with van der Waals surface area (Å²) in [5.74, 6) is 0.0632. The van der Waals surface area contributed by atoms with Gasteiger partial charge in [-0.15, -0.1) is 0 Å². The first kappa shape index (κ1) is 19.1. The van der Waals surface area contributed by atoms with Crippen LogP contribution in [0.15, 0.2) is 67.0 Å². The molecule has 6 nitrogen and oxygen atoms in total. The zero-order valence-electron chi connectivity index (χ0n) is 15.7. The van der Waals surface area contributed by atoms with E-state index in [2.05, 4.69) is 15.6 Å². The van der Waals surface area contributed by atoms with Gasteiger partial charge in [0.1, 0.15) is 5.75 Å². The van der Waals surface area contributed by atoms with Crippen LogP contribution in [0.3, 0.4) is 0 Å². The van der Waals surface area contributed by atoms with E-state index in [4.69, 9.17) is 4.74 Å². The first-order valence-electron chi connectivity index (χ1n) is 8.80. The largest absolute Gasteiger partial charge is 0.496 e. The lowest BCUT2D eigenvalue weighted by Gasteiger charge is -2.10. The normalized spacial score (nSPS) is 10.2. The average molecular weight is 375 g/mol. The number of amides is 2. The molecule has 0 unspecified atom stereocenters. The summed E-state index contributed by atoms with van der Waals surface area (Å²) in [6.07, 6.45) is 2.86. The van der Waals surface area contributed by atoms with Crippen LogP contribution < -0.4 is 15.4 Å². The molecule has 3 aromatic rings. The molecule has 0 radical (unpaired) electrons. The SMILES string of the molecule is COc1ccccc1CNC(=O)c1cncc(C(=O)Nc2cccc(C)c2)c1. The summed E-state index contributed by atoms with van der Waals surface area (Å²) in [6, 6.07) is 16.5. The Labute approximate surface area is 163 Å². The zero-order chi connectivity index (χ0) is 19.9. The monoisotopic (exact) mass is 375 g/mol. The van der Waals surface area contributed by atoms with Crippen LogP contribution in [-0.4, -0.2) is 23.9 Å². The maximum atomic E-state index is 12.5. The highest BCUT2D eigenvalue weighted by molar-refractivity contribution is 6.05. The summed E-state index contributed by atoms with van der Waals surface area (Å²) in [7, 11) is 1.58. The molecule has 1 heterocycles. The van der Waals surface area contributed by atoms with E-state index in [9.17, 15) is 9.59 Å². The highest BCUT2D eigenvalue weighted by Crippen LogP contribution is 2.17. The number of carbonyl (C=O) groups is 2. The van der Waals surface area contributed by atoms with E-state index in [1.54, 1.807) is 7.11 Å².